The van der Waals surface area contributed by atoms with Gasteiger partial charge in [0.25, 0.3) is 0 Å². The fourth-order valence-electron chi connectivity index (χ4n) is 2.34. The molecule has 1 aliphatic heterocycles. The molecule has 1 unspecified atom stereocenters. The van der Waals surface area contributed by atoms with Crippen molar-refractivity contribution in [3.05, 3.63) is 35.4 Å². The molecule has 21 heavy (non-hydrogen) atoms. The Morgan fingerprint density at radius 2 is 2.14 bits per heavy atom. The number of rotatable bonds is 6. The van der Waals surface area contributed by atoms with E-state index in [1.54, 1.807) is 0 Å². The summed E-state index contributed by atoms with van der Waals surface area (Å²) in [7, 11) is 0. The van der Waals surface area contributed by atoms with Gasteiger partial charge in [0, 0.05) is 13.2 Å². The van der Waals surface area contributed by atoms with Crippen LogP contribution < -0.4 is 10.6 Å². The molecule has 1 aromatic rings. The molecule has 5 heteroatoms. The number of hydrogen-bond acceptors (Lipinski definition) is 3. The van der Waals surface area contributed by atoms with Crippen LogP contribution in [0.5, 0.6) is 0 Å². The first-order valence-corrected chi connectivity index (χ1v) is 7.34. The lowest BCUT2D eigenvalue weighted by Gasteiger charge is -2.11. The first-order chi connectivity index (χ1) is 10.1. The average molecular weight is 290 g/mol. The summed E-state index contributed by atoms with van der Waals surface area (Å²) in [5, 5.41) is 5.41. The highest BCUT2D eigenvalue weighted by atomic mass is 16.5. The van der Waals surface area contributed by atoms with Crippen LogP contribution in [-0.2, 0) is 20.7 Å². The molecule has 1 saturated heterocycles. The molecule has 114 valence electrons. The zero-order valence-corrected chi connectivity index (χ0v) is 12.4. The standard InChI is InChI=1S/C16H22N2O3/c1-12-4-2-5-13(8-12)9-15(19)18-11-16(20)17-10-14-6-3-7-21-14/h2,4-5,8,14H,3,6-7,9-11H2,1H3,(H,17,20)(H,18,19). The van der Waals surface area contributed by atoms with Crippen molar-refractivity contribution in [2.75, 3.05) is 19.7 Å². The molecule has 1 aromatic carbocycles. The highest BCUT2D eigenvalue weighted by molar-refractivity contribution is 5.85. The van der Waals surface area contributed by atoms with Gasteiger partial charge in [0.15, 0.2) is 0 Å². The summed E-state index contributed by atoms with van der Waals surface area (Å²) in [5.41, 5.74) is 2.07. The Labute approximate surface area is 125 Å². The summed E-state index contributed by atoms with van der Waals surface area (Å²) in [4.78, 5) is 23.4. The van der Waals surface area contributed by atoms with Gasteiger partial charge >= 0.3 is 0 Å². The van der Waals surface area contributed by atoms with Crippen molar-refractivity contribution in [2.45, 2.75) is 32.3 Å². The zero-order valence-electron chi connectivity index (χ0n) is 12.4. The van der Waals surface area contributed by atoms with Crippen molar-refractivity contribution in [1.82, 2.24) is 10.6 Å². The third kappa shape index (κ3) is 5.55. The summed E-state index contributed by atoms with van der Waals surface area (Å²) in [6.45, 7) is 3.29. The maximum atomic E-state index is 11.8. The molecule has 0 aliphatic carbocycles. The SMILES string of the molecule is Cc1cccc(CC(=O)NCC(=O)NCC2CCCO2)c1. The molecule has 0 aromatic heterocycles. The molecule has 2 amide bonds. The van der Waals surface area contributed by atoms with Gasteiger partial charge < -0.3 is 15.4 Å². The first-order valence-electron chi connectivity index (χ1n) is 7.34. The Hall–Kier alpha value is -1.88. The summed E-state index contributed by atoms with van der Waals surface area (Å²) >= 11 is 0. The normalized spacial score (nSPS) is 17.5. The van der Waals surface area contributed by atoms with Crippen molar-refractivity contribution in [3.63, 3.8) is 0 Å². The average Bonchev–Trinajstić information content (AvgIpc) is 2.96. The Kier molecular flexibility index (Phi) is 5.75. The van der Waals surface area contributed by atoms with Gasteiger partial charge in [-0.1, -0.05) is 29.8 Å². The Morgan fingerprint density at radius 3 is 2.86 bits per heavy atom. The maximum absolute atomic E-state index is 11.8. The predicted octanol–water partition coefficient (Wildman–Crippen LogP) is 0.949. The minimum Gasteiger partial charge on any atom is -0.376 e. The van der Waals surface area contributed by atoms with E-state index < -0.39 is 0 Å². The van der Waals surface area contributed by atoms with E-state index in [1.165, 1.54) is 0 Å². The topological polar surface area (TPSA) is 67.4 Å². The van der Waals surface area contributed by atoms with Gasteiger partial charge in [-0.3, -0.25) is 9.59 Å². The van der Waals surface area contributed by atoms with Gasteiger partial charge in [-0.05, 0) is 25.3 Å². The second-order valence-electron chi connectivity index (χ2n) is 5.38. The Balaban J connectivity index is 1.64. The number of aryl methyl sites for hydroxylation is 1. The van der Waals surface area contributed by atoms with Gasteiger partial charge in [0.05, 0.1) is 19.1 Å². The van der Waals surface area contributed by atoms with E-state index in [-0.39, 0.29) is 24.5 Å². The van der Waals surface area contributed by atoms with Crippen molar-refractivity contribution < 1.29 is 14.3 Å². The first kappa shape index (κ1) is 15.5. The van der Waals surface area contributed by atoms with E-state index >= 15 is 0 Å². The number of benzene rings is 1. The minimum absolute atomic E-state index is 0.0113. The lowest BCUT2D eigenvalue weighted by molar-refractivity contribution is -0.126. The molecule has 0 spiro atoms. The predicted molar refractivity (Wildman–Crippen MR) is 79.9 cm³/mol. The second-order valence-corrected chi connectivity index (χ2v) is 5.38. The largest absolute Gasteiger partial charge is 0.376 e. The molecule has 0 bridgehead atoms. The molecule has 1 atom stereocenters. The lowest BCUT2D eigenvalue weighted by Crippen LogP contribution is -2.40. The van der Waals surface area contributed by atoms with E-state index in [0.717, 1.165) is 30.6 Å². The lowest BCUT2D eigenvalue weighted by atomic mass is 10.1. The second kappa shape index (κ2) is 7.78. The third-order valence-electron chi connectivity index (χ3n) is 3.44. The molecular weight excluding hydrogens is 268 g/mol. The van der Waals surface area contributed by atoms with Gasteiger partial charge in [0.2, 0.25) is 11.8 Å². The molecule has 2 N–H and O–H groups in total. The van der Waals surface area contributed by atoms with Crippen molar-refractivity contribution >= 4 is 11.8 Å². The fourth-order valence-corrected chi connectivity index (χ4v) is 2.34. The summed E-state index contributed by atoms with van der Waals surface area (Å²) < 4.78 is 5.42. The van der Waals surface area contributed by atoms with E-state index in [4.69, 9.17) is 4.74 Å². The molecular formula is C16H22N2O3. The van der Waals surface area contributed by atoms with Crippen LogP contribution in [0.2, 0.25) is 0 Å². The molecule has 2 rings (SSSR count). The molecule has 0 saturated carbocycles. The molecule has 1 fully saturated rings. The van der Waals surface area contributed by atoms with Gasteiger partial charge in [-0.2, -0.15) is 0 Å². The van der Waals surface area contributed by atoms with Crippen LogP contribution in [-0.4, -0.2) is 37.6 Å². The Morgan fingerprint density at radius 1 is 1.29 bits per heavy atom. The highest BCUT2D eigenvalue weighted by Gasteiger charge is 2.16. The zero-order chi connectivity index (χ0) is 15.1. The van der Waals surface area contributed by atoms with E-state index in [1.807, 2.05) is 31.2 Å². The molecule has 1 heterocycles. The Bertz CT molecular complexity index is 496. The number of carbonyl (C=O) groups is 2. The van der Waals surface area contributed by atoms with Crippen molar-refractivity contribution in [3.8, 4) is 0 Å². The van der Waals surface area contributed by atoms with E-state index in [9.17, 15) is 9.59 Å². The quantitative estimate of drug-likeness (QED) is 0.819. The molecule has 1 aliphatic rings. The summed E-state index contributed by atoms with van der Waals surface area (Å²) in [5.74, 6) is -0.323. The van der Waals surface area contributed by atoms with Crippen LogP contribution in [0.15, 0.2) is 24.3 Å². The van der Waals surface area contributed by atoms with Gasteiger partial charge in [0.1, 0.15) is 0 Å². The van der Waals surface area contributed by atoms with E-state index in [0.29, 0.717) is 13.0 Å². The molecule has 0 radical (unpaired) electrons. The number of hydrogen-bond donors (Lipinski definition) is 2. The van der Waals surface area contributed by atoms with Crippen LogP contribution >= 0.6 is 0 Å². The van der Waals surface area contributed by atoms with Gasteiger partial charge in [-0.15, -0.1) is 0 Å². The van der Waals surface area contributed by atoms with Crippen LogP contribution in [0.3, 0.4) is 0 Å². The number of nitrogens with one attached hydrogen (secondary N) is 2. The van der Waals surface area contributed by atoms with Gasteiger partial charge in [-0.25, -0.2) is 0 Å². The number of ether oxygens (including phenoxy) is 1. The van der Waals surface area contributed by atoms with Crippen LogP contribution in [0, 0.1) is 6.92 Å². The number of carbonyl (C=O) groups excluding carboxylic acids is 2. The number of amides is 2. The fraction of sp³-hybridized carbons (Fsp3) is 0.500. The highest BCUT2D eigenvalue weighted by Crippen LogP contribution is 2.10. The third-order valence-corrected chi connectivity index (χ3v) is 3.44. The summed E-state index contributed by atoms with van der Waals surface area (Å²) in [6.07, 6.45) is 2.45. The summed E-state index contributed by atoms with van der Waals surface area (Å²) in [6, 6.07) is 7.79. The van der Waals surface area contributed by atoms with Crippen LogP contribution in [0.4, 0.5) is 0 Å². The van der Waals surface area contributed by atoms with E-state index in [2.05, 4.69) is 10.6 Å². The monoisotopic (exact) mass is 290 g/mol. The van der Waals surface area contributed by atoms with Crippen molar-refractivity contribution in [1.29, 1.82) is 0 Å². The molecule has 5 nitrogen and oxygen atoms in total. The maximum Gasteiger partial charge on any atom is 0.239 e. The van der Waals surface area contributed by atoms with Crippen molar-refractivity contribution in [2.24, 2.45) is 0 Å². The van der Waals surface area contributed by atoms with Crippen LogP contribution in [0.1, 0.15) is 24.0 Å². The van der Waals surface area contributed by atoms with Crippen LogP contribution in [0.25, 0.3) is 0 Å². The smallest absolute Gasteiger partial charge is 0.239 e. The minimum atomic E-state index is -0.178.